The van der Waals surface area contributed by atoms with Gasteiger partial charge < -0.3 is 0 Å². The molecular weight excluding hydrogens is 300 g/mol. The molecule has 2 heteroatoms. The van der Waals surface area contributed by atoms with Gasteiger partial charge in [0.15, 0.2) is 0 Å². The number of hydrogen-bond acceptors (Lipinski definition) is 1. The molecule has 2 unspecified atom stereocenters. The molecule has 4 rings (SSSR count). The van der Waals surface area contributed by atoms with Crippen LogP contribution in [0.25, 0.3) is 6.08 Å². The van der Waals surface area contributed by atoms with E-state index in [1.807, 2.05) is 11.8 Å². The van der Waals surface area contributed by atoms with Gasteiger partial charge in [-0.25, -0.2) is 0 Å². The zero-order valence-corrected chi connectivity index (χ0v) is 16.9. The van der Waals surface area contributed by atoms with Gasteiger partial charge in [0.2, 0.25) is 0 Å². The molecule has 0 N–H and O–H groups in total. The van der Waals surface area contributed by atoms with Gasteiger partial charge in [-0.15, -0.1) is 0 Å². The van der Waals surface area contributed by atoms with Crippen molar-refractivity contribution in [2.75, 3.05) is 0 Å². The SMILES string of the molecule is CC1=CC=C2SC(C)=C(C)C12.CC1=Cc2ccccc2C1[SiH3]. The van der Waals surface area contributed by atoms with Gasteiger partial charge in [-0.2, -0.15) is 0 Å². The first-order valence-electron chi connectivity index (χ1n) is 7.99. The first-order chi connectivity index (χ1) is 10.5. The Hall–Kier alpha value is -1.25. The summed E-state index contributed by atoms with van der Waals surface area (Å²) in [6, 6.07) is 8.70. The lowest BCUT2D eigenvalue weighted by atomic mass is 9.96. The lowest BCUT2D eigenvalue weighted by Gasteiger charge is -2.08. The van der Waals surface area contributed by atoms with Crippen LogP contribution in [-0.2, 0) is 0 Å². The second kappa shape index (κ2) is 6.09. The minimum Gasteiger partial charge on any atom is -0.0983 e. The number of rotatable bonds is 0. The molecule has 0 fully saturated rings. The maximum Gasteiger partial charge on any atom is 0.0329 e. The Labute approximate surface area is 141 Å². The molecule has 22 heavy (non-hydrogen) atoms. The number of allylic oxidation sites excluding steroid dienone is 7. The van der Waals surface area contributed by atoms with E-state index in [0.29, 0.717) is 5.92 Å². The Morgan fingerprint density at radius 2 is 1.68 bits per heavy atom. The fraction of sp³-hybridized carbons (Fsp3) is 0.300. The van der Waals surface area contributed by atoms with Crippen molar-refractivity contribution in [1.82, 2.24) is 0 Å². The third-order valence-electron chi connectivity index (χ3n) is 5.04. The second-order valence-electron chi connectivity index (χ2n) is 6.49. The third-order valence-corrected chi connectivity index (χ3v) is 7.81. The number of hydrogen-bond donors (Lipinski definition) is 0. The molecule has 3 aliphatic rings. The number of benzene rings is 1. The highest BCUT2D eigenvalue weighted by atomic mass is 32.2. The summed E-state index contributed by atoms with van der Waals surface area (Å²) < 4.78 is 0. The minimum absolute atomic E-state index is 0.653. The highest BCUT2D eigenvalue weighted by Gasteiger charge is 2.29. The van der Waals surface area contributed by atoms with Gasteiger partial charge in [0.1, 0.15) is 0 Å². The molecule has 0 aromatic heterocycles. The molecule has 0 bridgehead atoms. The summed E-state index contributed by atoms with van der Waals surface area (Å²) in [5.41, 5.74) is 8.33. The van der Waals surface area contributed by atoms with Crippen LogP contribution in [0.15, 0.2) is 62.9 Å². The fourth-order valence-electron chi connectivity index (χ4n) is 3.39. The van der Waals surface area contributed by atoms with E-state index in [0.717, 1.165) is 5.54 Å². The zero-order chi connectivity index (χ0) is 15.9. The molecule has 1 aromatic carbocycles. The summed E-state index contributed by atoms with van der Waals surface area (Å²) in [6.07, 6.45) is 6.81. The molecule has 2 aliphatic carbocycles. The molecule has 0 spiro atoms. The van der Waals surface area contributed by atoms with E-state index in [-0.39, 0.29) is 0 Å². The molecule has 0 radical (unpaired) electrons. The maximum atomic E-state index is 2.31. The zero-order valence-electron chi connectivity index (χ0n) is 14.1. The largest absolute Gasteiger partial charge is 0.0983 e. The van der Waals surface area contributed by atoms with E-state index in [1.165, 1.54) is 42.3 Å². The molecule has 0 saturated carbocycles. The smallest absolute Gasteiger partial charge is 0.0329 e. The molecular formula is C20H24SSi. The van der Waals surface area contributed by atoms with Gasteiger partial charge in [0.25, 0.3) is 0 Å². The predicted molar refractivity (Wildman–Crippen MR) is 104 cm³/mol. The first kappa shape index (κ1) is 15.6. The van der Waals surface area contributed by atoms with Crippen LogP contribution in [0, 0.1) is 5.92 Å². The van der Waals surface area contributed by atoms with E-state index in [9.17, 15) is 0 Å². The average Bonchev–Trinajstić information content (AvgIpc) is 3.10. The first-order valence-corrected chi connectivity index (χ1v) is 9.97. The Kier molecular flexibility index (Phi) is 4.33. The highest BCUT2D eigenvalue weighted by molar-refractivity contribution is 8.07. The van der Waals surface area contributed by atoms with Crippen molar-refractivity contribution in [3.8, 4) is 0 Å². The van der Waals surface area contributed by atoms with Crippen LogP contribution < -0.4 is 0 Å². The second-order valence-corrected chi connectivity index (χ2v) is 8.94. The van der Waals surface area contributed by atoms with E-state index >= 15 is 0 Å². The lowest BCUT2D eigenvalue weighted by molar-refractivity contribution is 0.903. The van der Waals surface area contributed by atoms with E-state index < -0.39 is 0 Å². The average molecular weight is 325 g/mol. The normalized spacial score (nSPS) is 25.2. The molecule has 114 valence electrons. The summed E-state index contributed by atoms with van der Waals surface area (Å²) in [5, 5.41) is 0. The van der Waals surface area contributed by atoms with Crippen molar-refractivity contribution in [3.63, 3.8) is 0 Å². The van der Waals surface area contributed by atoms with Crippen LogP contribution in [0.5, 0.6) is 0 Å². The maximum absolute atomic E-state index is 2.31. The highest BCUT2D eigenvalue weighted by Crippen LogP contribution is 2.50. The van der Waals surface area contributed by atoms with Crippen LogP contribution in [0.1, 0.15) is 44.4 Å². The molecule has 1 aromatic rings. The Morgan fingerprint density at radius 1 is 0.955 bits per heavy atom. The Balaban J connectivity index is 0.000000131. The predicted octanol–water partition coefficient (Wildman–Crippen LogP) is 5.00. The topological polar surface area (TPSA) is 0 Å². The van der Waals surface area contributed by atoms with E-state index in [2.05, 4.69) is 70.2 Å². The van der Waals surface area contributed by atoms with Gasteiger partial charge in [0.05, 0.1) is 0 Å². The summed E-state index contributed by atoms with van der Waals surface area (Å²) >= 11 is 1.94. The summed E-state index contributed by atoms with van der Waals surface area (Å²) in [6.45, 7) is 8.91. The van der Waals surface area contributed by atoms with Crippen LogP contribution in [0.2, 0.25) is 0 Å². The van der Waals surface area contributed by atoms with Crippen molar-refractivity contribution < 1.29 is 0 Å². The van der Waals surface area contributed by atoms with Gasteiger partial charge in [-0.05, 0) is 49.3 Å². The van der Waals surface area contributed by atoms with Crippen LogP contribution in [-0.4, -0.2) is 10.2 Å². The quantitative estimate of drug-likeness (QED) is 0.605. The van der Waals surface area contributed by atoms with E-state index in [4.69, 9.17) is 0 Å². The minimum atomic E-state index is 0.653. The molecule has 0 amide bonds. The van der Waals surface area contributed by atoms with Gasteiger partial charge in [-0.1, -0.05) is 71.0 Å². The Morgan fingerprint density at radius 3 is 2.36 bits per heavy atom. The molecule has 2 atom stereocenters. The molecule has 1 aliphatic heterocycles. The van der Waals surface area contributed by atoms with Gasteiger partial charge in [0, 0.05) is 21.1 Å². The van der Waals surface area contributed by atoms with E-state index in [1.54, 1.807) is 5.57 Å². The number of thioether (sulfide) groups is 1. The fourth-order valence-corrected chi connectivity index (χ4v) is 5.33. The molecule has 0 saturated heterocycles. The van der Waals surface area contributed by atoms with Crippen LogP contribution >= 0.6 is 11.8 Å². The number of fused-ring (bicyclic) bond motifs is 2. The monoisotopic (exact) mass is 324 g/mol. The Bertz CT molecular complexity index is 734. The standard InChI is InChI=1S/C10H12S.C10H12Si/c1-6-4-5-9-10(6)7(2)8(3)11-9;1-7-6-8-4-2-3-5-9(8)10(7)11/h4-5,10H,1-3H3;2-6,10H,1,11H3. The summed E-state index contributed by atoms with van der Waals surface area (Å²) in [5.74, 6) is 0.653. The van der Waals surface area contributed by atoms with Crippen molar-refractivity contribution in [3.05, 3.63) is 74.1 Å². The van der Waals surface area contributed by atoms with Crippen molar-refractivity contribution >= 4 is 28.1 Å². The van der Waals surface area contributed by atoms with Gasteiger partial charge in [-0.3, -0.25) is 0 Å². The van der Waals surface area contributed by atoms with Crippen LogP contribution in [0.4, 0.5) is 0 Å². The third kappa shape index (κ3) is 2.70. The van der Waals surface area contributed by atoms with Crippen molar-refractivity contribution in [2.24, 2.45) is 5.92 Å². The van der Waals surface area contributed by atoms with Crippen molar-refractivity contribution in [1.29, 1.82) is 0 Å². The summed E-state index contributed by atoms with van der Waals surface area (Å²) in [4.78, 5) is 3.02. The summed E-state index contributed by atoms with van der Waals surface area (Å²) in [7, 11) is 1.24. The van der Waals surface area contributed by atoms with Crippen LogP contribution in [0.3, 0.4) is 0 Å². The molecule has 0 nitrogen and oxygen atoms in total. The van der Waals surface area contributed by atoms with Gasteiger partial charge >= 0.3 is 0 Å². The molecule has 1 heterocycles. The lowest BCUT2D eigenvalue weighted by Crippen LogP contribution is -1.96. The van der Waals surface area contributed by atoms with Crippen molar-refractivity contribution in [2.45, 2.75) is 33.2 Å².